The molecule has 0 aliphatic heterocycles. The number of rotatable bonds is 5. The molecule has 0 radical (unpaired) electrons. The molecular formula is C14H20N2O2S2. The standard InChI is InChI=1S/C14H20N2O2S2/c1-2-13(14(15)19)20(17,18)16-12-9-5-7-10-6-3-4-8-11(10)12/h5,7,9,13,16H,2-4,6,8H2,1H3,(H2,15,19). The molecule has 0 heterocycles. The lowest BCUT2D eigenvalue weighted by molar-refractivity contribution is 0.594. The normalized spacial score (nSPS) is 16.2. The van der Waals surface area contributed by atoms with Gasteiger partial charge in [-0.1, -0.05) is 31.3 Å². The zero-order chi connectivity index (χ0) is 14.8. The second-order valence-electron chi connectivity index (χ2n) is 5.10. The van der Waals surface area contributed by atoms with Gasteiger partial charge in [-0.15, -0.1) is 0 Å². The number of hydrogen-bond acceptors (Lipinski definition) is 3. The Hall–Kier alpha value is -1.14. The van der Waals surface area contributed by atoms with Crippen molar-refractivity contribution in [3.8, 4) is 0 Å². The van der Waals surface area contributed by atoms with Crippen molar-refractivity contribution in [2.45, 2.75) is 44.3 Å². The number of nitrogens with one attached hydrogen (secondary N) is 1. The van der Waals surface area contributed by atoms with Crippen LogP contribution in [0.25, 0.3) is 0 Å². The van der Waals surface area contributed by atoms with Gasteiger partial charge in [-0.25, -0.2) is 8.42 Å². The van der Waals surface area contributed by atoms with Gasteiger partial charge >= 0.3 is 0 Å². The number of aryl methyl sites for hydroxylation is 1. The van der Waals surface area contributed by atoms with E-state index in [0.29, 0.717) is 12.1 Å². The summed E-state index contributed by atoms with van der Waals surface area (Å²) in [7, 11) is -3.57. The number of benzene rings is 1. The van der Waals surface area contributed by atoms with Crippen molar-refractivity contribution < 1.29 is 8.42 Å². The van der Waals surface area contributed by atoms with Crippen LogP contribution >= 0.6 is 12.2 Å². The molecule has 0 aromatic heterocycles. The Morgan fingerprint density at radius 3 is 2.75 bits per heavy atom. The van der Waals surface area contributed by atoms with Crippen molar-refractivity contribution in [1.82, 2.24) is 0 Å². The van der Waals surface area contributed by atoms with Crippen molar-refractivity contribution in [3.05, 3.63) is 29.3 Å². The first-order valence-corrected chi connectivity index (χ1v) is 8.83. The van der Waals surface area contributed by atoms with Crippen LogP contribution in [-0.2, 0) is 22.9 Å². The second kappa shape index (κ2) is 6.10. The van der Waals surface area contributed by atoms with Gasteiger partial charge in [-0.05, 0) is 49.3 Å². The fourth-order valence-electron chi connectivity index (χ4n) is 2.67. The van der Waals surface area contributed by atoms with Crippen LogP contribution in [0.15, 0.2) is 18.2 Å². The van der Waals surface area contributed by atoms with E-state index in [9.17, 15) is 8.42 Å². The molecule has 110 valence electrons. The van der Waals surface area contributed by atoms with Crippen molar-refractivity contribution in [2.75, 3.05) is 4.72 Å². The molecule has 1 aliphatic carbocycles. The van der Waals surface area contributed by atoms with Gasteiger partial charge in [-0.3, -0.25) is 4.72 Å². The monoisotopic (exact) mass is 312 g/mol. The molecule has 0 spiro atoms. The van der Waals surface area contributed by atoms with E-state index in [1.165, 1.54) is 5.56 Å². The van der Waals surface area contributed by atoms with Crippen LogP contribution in [-0.4, -0.2) is 18.7 Å². The van der Waals surface area contributed by atoms with Crippen LogP contribution < -0.4 is 10.5 Å². The summed E-state index contributed by atoms with van der Waals surface area (Å²) in [4.78, 5) is 0.0183. The highest BCUT2D eigenvalue weighted by Gasteiger charge is 2.27. The van der Waals surface area contributed by atoms with Crippen molar-refractivity contribution in [3.63, 3.8) is 0 Å². The maximum absolute atomic E-state index is 12.4. The van der Waals surface area contributed by atoms with Crippen LogP contribution in [0.1, 0.15) is 37.3 Å². The highest BCUT2D eigenvalue weighted by Crippen LogP contribution is 2.29. The highest BCUT2D eigenvalue weighted by molar-refractivity contribution is 7.95. The maximum atomic E-state index is 12.4. The summed E-state index contributed by atoms with van der Waals surface area (Å²) in [6.07, 6.45) is 4.56. The largest absolute Gasteiger partial charge is 0.392 e. The Kier molecular flexibility index (Phi) is 4.65. The lowest BCUT2D eigenvalue weighted by Gasteiger charge is -2.22. The number of fused-ring (bicyclic) bond motifs is 1. The fraction of sp³-hybridized carbons (Fsp3) is 0.500. The quantitative estimate of drug-likeness (QED) is 0.819. The van der Waals surface area contributed by atoms with Crippen molar-refractivity contribution in [2.24, 2.45) is 5.73 Å². The van der Waals surface area contributed by atoms with Crippen LogP contribution in [0.4, 0.5) is 5.69 Å². The molecule has 3 N–H and O–H groups in total. The van der Waals surface area contributed by atoms with Gasteiger partial charge in [0.2, 0.25) is 10.0 Å². The predicted molar refractivity (Wildman–Crippen MR) is 86.5 cm³/mol. The summed E-state index contributed by atoms with van der Waals surface area (Å²) in [5.74, 6) is 0. The van der Waals surface area contributed by atoms with Gasteiger partial charge in [-0.2, -0.15) is 0 Å². The molecule has 2 rings (SSSR count). The predicted octanol–water partition coefficient (Wildman–Crippen LogP) is 2.37. The molecule has 20 heavy (non-hydrogen) atoms. The van der Waals surface area contributed by atoms with Crippen LogP contribution in [0.2, 0.25) is 0 Å². The fourth-order valence-corrected chi connectivity index (χ4v) is 4.61. The smallest absolute Gasteiger partial charge is 0.242 e. The molecule has 0 bridgehead atoms. The van der Waals surface area contributed by atoms with E-state index >= 15 is 0 Å². The number of hydrogen-bond donors (Lipinski definition) is 2. The molecule has 1 aromatic rings. The van der Waals surface area contributed by atoms with E-state index in [2.05, 4.69) is 10.8 Å². The first-order valence-electron chi connectivity index (χ1n) is 6.87. The summed E-state index contributed by atoms with van der Waals surface area (Å²) >= 11 is 4.86. The molecule has 0 fully saturated rings. The minimum absolute atomic E-state index is 0.0183. The molecular weight excluding hydrogens is 292 g/mol. The third-order valence-corrected chi connectivity index (χ3v) is 5.99. The molecule has 1 aliphatic rings. The molecule has 1 atom stereocenters. The first kappa shape index (κ1) is 15.3. The Bertz CT molecular complexity index is 612. The van der Waals surface area contributed by atoms with Gasteiger partial charge in [0, 0.05) is 0 Å². The van der Waals surface area contributed by atoms with Crippen LogP contribution in [0.3, 0.4) is 0 Å². The summed E-state index contributed by atoms with van der Waals surface area (Å²) < 4.78 is 27.4. The van der Waals surface area contributed by atoms with E-state index in [0.717, 1.165) is 31.2 Å². The SMILES string of the molecule is CCC(C(N)=S)S(=O)(=O)Nc1cccc2c1CCCC2. The lowest BCUT2D eigenvalue weighted by atomic mass is 9.91. The number of thiocarbonyl (C=S) groups is 1. The topological polar surface area (TPSA) is 72.2 Å². The molecule has 1 unspecified atom stereocenters. The summed E-state index contributed by atoms with van der Waals surface area (Å²) in [6.45, 7) is 1.77. The molecule has 6 heteroatoms. The summed E-state index contributed by atoms with van der Waals surface area (Å²) in [5, 5.41) is -0.822. The molecule has 0 saturated carbocycles. The third kappa shape index (κ3) is 3.12. The van der Waals surface area contributed by atoms with Gasteiger partial charge in [0.05, 0.1) is 10.7 Å². The van der Waals surface area contributed by atoms with Crippen LogP contribution in [0.5, 0.6) is 0 Å². The van der Waals surface area contributed by atoms with Gasteiger partial charge < -0.3 is 5.73 Å². The molecule has 0 saturated heterocycles. The lowest BCUT2D eigenvalue weighted by Crippen LogP contribution is -2.37. The van der Waals surface area contributed by atoms with Crippen molar-refractivity contribution >= 4 is 32.9 Å². The Morgan fingerprint density at radius 2 is 2.10 bits per heavy atom. The van der Waals surface area contributed by atoms with E-state index < -0.39 is 15.3 Å². The zero-order valence-electron chi connectivity index (χ0n) is 11.6. The minimum atomic E-state index is -3.57. The van der Waals surface area contributed by atoms with Gasteiger partial charge in [0.1, 0.15) is 5.25 Å². The number of nitrogens with two attached hydrogens (primary N) is 1. The average Bonchev–Trinajstić information content (AvgIpc) is 2.38. The van der Waals surface area contributed by atoms with E-state index in [1.54, 1.807) is 6.92 Å². The summed E-state index contributed by atoms with van der Waals surface area (Å²) in [6, 6.07) is 5.77. The van der Waals surface area contributed by atoms with E-state index in [-0.39, 0.29) is 4.99 Å². The Labute approximate surface area is 125 Å². The molecule has 4 nitrogen and oxygen atoms in total. The van der Waals surface area contributed by atoms with Gasteiger partial charge in [0.25, 0.3) is 0 Å². The first-order chi connectivity index (χ1) is 9.45. The van der Waals surface area contributed by atoms with E-state index in [1.807, 2.05) is 12.1 Å². The third-order valence-electron chi connectivity index (χ3n) is 3.71. The van der Waals surface area contributed by atoms with Crippen molar-refractivity contribution in [1.29, 1.82) is 0 Å². The summed E-state index contributed by atoms with van der Waals surface area (Å²) in [5.41, 5.74) is 8.56. The second-order valence-corrected chi connectivity index (χ2v) is 7.43. The molecule has 1 aromatic carbocycles. The number of anilines is 1. The molecule has 0 amide bonds. The Balaban J connectivity index is 2.32. The maximum Gasteiger partial charge on any atom is 0.242 e. The Morgan fingerprint density at radius 1 is 1.40 bits per heavy atom. The average molecular weight is 312 g/mol. The van der Waals surface area contributed by atoms with Gasteiger partial charge in [0.15, 0.2) is 0 Å². The van der Waals surface area contributed by atoms with Crippen LogP contribution in [0, 0.1) is 0 Å². The highest BCUT2D eigenvalue weighted by atomic mass is 32.2. The minimum Gasteiger partial charge on any atom is -0.392 e. The zero-order valence-corrected chi connectivity index (χ0v) is 13.2. The number of sulfonamides is 1. The van der Waals surface area contributed by atoms with E-state index in [4.69, 9.17) is 18.0 Å².